The van der Waals surface area contributed by atoms with Crippen molar-refractivity contribution in [3.05, 3.63) is 11.1 Å². The number of hydrazine groups is 1. The van der Waals surface area contributed by atoms with Crippen molar-refractivity contribution in [2.24, 2.45) is 11.8 Å². The minimum absolute atomic E-state index is 0.0479. The highest BCUT2D eigenvalue weighted by Gasteiger charge is 2.49. The van der Waals surface area contributed by atoms with E-state index in [1.54, 1.807) is 6.20 Å². The molecule has 96 valence electrons. The van der Waals surface area contributed by atoms with E-state index in [-0.39, 0.29) is 17.2 Å². The summed E-state index contributed by atoms with van der Waals surface area (Å²) in [7, 11) is 0. The van der Waals surface area contributed by atoms with E-state index < -0.39 is 0 Å². The fraction of sp³-hybridized carbons (Fsp3) is 0.818. The van der Waals surface area contributed by atoms with Crippen molar-refractivity contribution in [3.8, 4) is 0 Å². The third kappa shape index (κ3) is 2.49. The number of hydrogen-bond donors (Lipinski definition) is 2. The van der Waals surface area contributed by atoms with Crippen molar-refractivity contribution >= 4 is 11.5 Å². The van der Waals surface area contributed by atoms with E-state index in [1.807, 2.05) is 0 Å². The van der Waals surface area contributed by atoms with E-state index in [1.165, 1.54) is 11.5 Å². The molecule has 2 rings (SSSR count). The summed E-state index contributed by atoms with van der Waals surface area (Å²) >= 11 is 1.38. The Bertz CT molecular complexity index is 377. The molecule has 1 aromatic rings. The quantitative estimate of drug-likeness (QED) is 0.635. The lowest BCUT2D eigenvalue weighted by atomic mass is 9.81. The molecular weight excluding hydrogens is 236 g/mol. The highest BCUT2D eigenvalue weighted by molar-refractivity contribution is 7.05. The third-order valence-corrected chi connectivity index (χ3v) is 4.16. The summed E-state index contributed by atoms with van der Waals surface area (Å²) in [4.78, 5) is 1.06. The highest BCUT2D eigenvalue weighted by Crippen LogP contribution is 2.47. The Labute approximate surface area is 106 Å². The monoisotopic (exact) mass is 256 g/mol. The van der Waals surface area contributed by atoms with Gasteiger partial charge in [0.15, 0.2) is 0 Å². The Morgan fingerprint density at radius 1 is 1.53 bits per heavy atom. The second kappa shape index (κ2) is 4.28. The molecule has 1 aliphatic rings. The van der Waals surface area contributed by atoms with Gasteiger partial charge in [-0.25, -0.2) is 0 Å². The zero-order valence-electron chi connectivity index (χ0n) is 10.7. The van der Waals surface area contributed by atoms with Crippen LogP contribution < -0.4 is 11.3 Å². The molecule has 3 N–H and O–H groups in total. The van der Waals surface area contributed by atoms with Crippen LogP contribution in [0.1, 0.15) is 45.0 Å². The maximum absolute atomic E-state index is 6.10. The molecule has 0 bridgehead atoms. The summed E-state index contributed by atoms with van der Waals surface area (Å²) < 4.78 is 10.00. The lowest BCUT2D eigenvalue weighted by Crippen LogP contribution is -2.40. The van der Waals surface area contributed by atoms with Crippen molar-refractivity contribution in [2.75, 3.05) is 0 Å². The molecule has 2 unspecified atom stereocenters. The van der Waals surface area contributed by atoms with E-state index in [0.717, 1.165) is 11.3 Å². The fourth-order valence-electron chi connectivity index (χ4n) is 2.83. The minimum Gasteiger partial charge on any atom is -0.369 e. The first kappa shape index (κ1) is 12.9. The predicted octanol–water partition coefficient (Wildman–Crippen LogP) is 1.64. The summed E-state index contributed by atoms with van der Waals surface area (Å²) in [5.41, 5.74) is 2.58. The maximum atomic E-state index is 6.10. The Hall–Kier alpha value is -0.560. The van der Waals surface area contributed by atoms with Gasteiger partial charge in [-0.15, -0.1) is 5.10 Å². The number of rotatable bonds is 3. The van der Waals surface area contributed by atoms with E-state index in [9.17, 15) is 0 Å². The third-order valence-electron chi connectivity index (χ3n) is 3.41. The second-order valence-electron chi connectivity index (χ2n) is 5.74. The first-order valence-electron chi connectivity index (χ1n) is 5.79. The molecule has 17 heavy (non-hydrogen) atoms. The van der Waals surface area contributed by atoms with Gasteiger partial charge < -0.3 is 4.74 Å². The van der Waals surface area contributed by atoms with Crippen molar-refractivity contribution in [1.29, 1.82) is 0 Å². The molecule has 1 aliphatic heterocycles. The molecule has 0 radical (unpaired) electrons. The molecule has 2 atom stereocenters. The van der Waals surface area contributed by atoms with Crippen molar-refractivity contribution in [1.82, 2.24) is 15.0 Å². The van der Waals surface area contributed by atoms with Crippen LogP contribution in [0.2, 0.25) is 0 Å². The van der Waals surface area contributed by atoms with Crippen LogP contribution in [0.5, 0.6) is 0 Å². The van der Waals surface area contributed by atoms with Gasteiger partial charge in [-0.3, -0.25) is 11.3 Å². The number of nitrogens with zero attached hydrogens (tertiary/aromatic N) is 2. The molecule has 0 amide bonds. The average Bonchev–Trinajstić information content (AvgIpc) is 2.74. The van der Waals surface area contributed by atoms with E-state index in [2.05, 4.69) is 42.7 Å². The standard InChI is InChI=1S/C11H20N4OS/c1-10(2)5-7(11(3,4)16-10)9(14-12)8-6-13-15-17-8/h6-7,9,14H,5,12H2,1-4H3. The van der Waals surface area contributed by atoms with Gasteiger partial charge in [0.2, 0.25) is 0 Å². The number of nitrogens with one attached hydrogen (secondary N) is 1. The maximum Gasteiger partial charge on any atom is 0.0681 e. The second-order valence-corrected chi connectivity index (χ2v) is 6.56. The molecule has 0 saturated carbocycles. The van der Waals surface area contributed by atoms with Gasteiger partial charge in [0.1, 0.15) is 0 Å². The van der Waals surface area contributed by atoms with Crippen LogP contribution in [0.4, 0.5) is 0 Å². The summed E-state index contributed by atoms with van der Waals surface area (Å²) in [5.74, 6) is 6.01. The SMILES string of the molecule is CC1(C)CC(C(NN)c2cnns2)C(C)(C)O1. The summed E-state index contributed by atoms with van der Waals surface area (Å²) in [6.07, 6.45) is 2.74. The van der Waals surface area contributed by atoms with Crippen LogP contribution in [0.3, 0.4) is 0 Å². The Balaban J connectivity index is 2.26. The summed E-state index contributed by atoms with van der Waals surface area (Å²) in [6.45, 7) is 8.47. The van der Waals surface area contributed by atoms with E-state index in [0.29, 0.717) is 5.92 Å². The van der Waals surface area contributed by atoms with Gasteiger partial charge in [0.05, 0.1) is 28.3 Å². The van der Waals surface area contributed by atoms with Crippen LogP contribution >= 0.6 is 11.5 Å². The largest absolute Gasteiger partial charge is 0.369 e. The molecule has 1 saturated heterocycles. The van der Waals surface area contributed by atoms with Crippen molar-refractivity contribution in [2.45, 2.75) is 51.4 Å². The zero-order valence-corrected chi connectivity index (χ0v) is 11.5. The zero-order chi connectivity index (χ0) is 12.7. The summed E-state index contributed by atoms with van der Waals surface area (Å²) in [5, 5.41) is 3.88. The topological polar surface area (TPSA) is 73.1 Å². The first-order chi connectivity index (χ1) is 7.86. The van der Waals surface area contributed by atoms with Crippen molar-refractivity contribution in [3.63, 3.8) is 0 Å². The fourth-order valence-corrected chi connectivity index (χ4v) is 3.46. The molecule has 0 aliphatic carbocycles. The van der Waals surface area contributed by atoms with Gasteiger partial charge in [-0.05, 0) is 45.6 Å². The lowest BCUT2D eigenvalue weighted by Gasteiger charge is -2.31. The van der Waals surface area contributed by atoms with Crippen LogP contribution in [-0.2, 0) is 4.74 Å². The van der Waals surface area contributed by atoms with Gasteiger partial charge in [0.25, 0.3) is 0 Å². The normalized spacial score (nSPS) is 28.2. The van der Waals surface area contributed by atoms with Crippen LogP contribution in [0.25, 0.3) is 0 Å². The Kier molecular flexibility index (Phi) is 3.24. The molecular formula is C11H20N4OS. The van der Waals surface area contributed by atoms with E-state index in [4.69, 9.17) is 10.6 Å². The minimum atomic E-state index is -0.204. The highest BCUT2D eigenvalue weighted by atomic mass is 32.1. The van der Waals surface area contributed by atoms with E-state index >= 15 is 0 Å². The van der Waals surface area contributed by atoms with Gasteiger partial charge in [0, 0.05) is 5.92 Å². The Morgan fingerprint density at radius 3 is 2.65 bits per heavy atom. The number of hydrogen-bond acceptors (Lipinski definition) is 6. The molecule has 0 spiro atoms. The number of ether oxygens (including phenoxy) is 1. The molecule has 1 fully saturated rings. The molecule has 2 heterocycles. The van der Waals surface area contributed by atoms with Crippen molar-refractivity contribution < 1.29 is 4.74 Å². The molecule has 6 heteroatoms. The average molecular weight is 256 g/mol. The summed E-state index contributed by atoms with van der Waals surface area (Å²) in [6, 6.07) is 0.0479. The lowest BCUT2D eigenvalue weighted by molar-refractivity contribution is -0.0777. The van der Waals surface area contributed by atoms with Gasteiger partial charge in [-0.2, -0.15) is 0 Å². The molecule has 0 aromatic carbocycles. The number of aromatic nitrogens is 2. The number of nitrogens with two attached hydrogens (primary N) is 1. The van der Waals surface area contributed by atoms with Gasteiger partial charge in [-0.1, -0.05) is 4.49 Å². The smallest absolute Gasteiger partial charge is 0.0681 e. The van der Waals surface area contributed by atoms with Crippen LogP contribution in [0.15, 0.2) is 6.20 Å². The molecule has 1 aromatic heterocycles. The van der Waals surface area contributed by atoms with Crippen LogP contribution in [0, 0.1) is 5.92 Å². The Morgan fingerprint density at radius 2 is 2.24 bits per heavy atom. The first-order valence-corrected chi connectivity index (χ1v) is 6.57. The molecule has 5 nitrogen and oxygen atoms in total. The van der Waals surface area contributed by atoms with Crippen LogP contribution in [-0.4, -0.2) is 20.8 Å². The van der Waals surface area contributed by atoms with Gasteiger partial charge >= 0.3 is 0 Å². The predicted molar refractivity (Wildman–Crippen MR) is 67.3 cm³/mol.